The van der Waals surface area contributed by atoms with E-state index in [9.17, 15) is 22.8 Å². The predicted molar refractivity (Wildman–Crippen MR) is 64.0 cm³/mol. The zero-order chi connectivity index (χ0) is 15.8. The van der Waals surface area contributed by atoms with Gasteiger partial charge in [-0.25, -0.2) is 0 Å². The molecule has 1 fully saturated rings. The van der Waals surface area contributed by atoms with Crippen molar-refractivity contribution in [1.29, 1.82) is 5.26 Å². The molecule has 110 valence electrons. The number of nitrogens with zero attached hydrogens (tertiary/aromatic N) is 1. The molecule has 0 heterocycles. The summed E-state index contributed by atoms with van der Waals surface area (Å²) in [4.78, 5) is 22.4. The van der Waals surface area contributed by atoms with Crippen LogP contribution in [0.15, 0.2) is 18.2 Å². The van der Waals surface area contributed by atoms with E-state index in [2.05, 4.69) is 5.32 Å². The molecule has 21 heavy (non-hydrogen) atoms. The zero-order valence-corrected chi connectivity index (χ0v) is 10.4. The molecule has 2 atom stereocenters. The number of halogens is 3. The van der Waals surface area contributed by atoms with Crippen LogP contribution < -0.4 is 5.32 Å². The Labute approximate surface area is 117 Å². The lowest BCUT2D eigenvalue weighted by atomic mass is 10.1. The molecule has 5 nitrogen and oxygen atoms in total. The Morgan fingerprint density at radius 1 is 1.33 bits per heavy atom. The van der Waals surface area contributed by atoms with Gasteiger partial charge < -0.3 is 10.4 Å². The van der Waals surface area contributed by atoms with Crippen LogP contribution >= 0.6 is 0 Å². The van der Waals surface area contributed by atoms with Crippen molar-refractivity contribution >= 4 is 17.6 Å². The molecule has 1 amide bonds. The molecule has 0 spiro atoms. The van der Waals surface area contributed by atoms with E-state index < -0.39 is 35.5 Å². The second-order valence-electron chi connectivity index (χ2n) is 4.65. The smallest absolute Gasteiger partial charge is 0.416 e. The minimum Gasteiger partial charge on any atom is -0.481 e. The number of carbonyl (C=O) groups excluding carboxylic acids is 1. The van der Waals surface area contributed by atoms with Gasteiger partial charge in [-0.2, -0.15) is 18.4 Å². The van der Waals surface area contributed by atoms with Gasteiger partial charge in [-0.15, -0.1) is 0 Å². The lowest BCUT2D eigenvalue weighted by Gasteiger charge is -2.10. The van der Waals surface area contributed by atoms with Crippen LogP contribution in [0.4, 0.5) is 18.9 Å². The number of amides is 1. The molecule has 0 radical (unpaired) electrons. The quantitative estimate of drug-likeness (QED) is 0.895. The first-order valence-electron chi connectivity index (χ1n) is 5.89. The number of nitriles is 1. The van der Waals surface area contributed by atoms with Gasteiger partial charge in [-0.3, -0.25) is 9.59 Å². The Balaban J connectivity index is 2.16. The summed E-state index contributed by atoms with van der Waals surface area (Å²) in [6.45, 7) is 0. The van der Waals surface area contributed by atoms with Gasteiger partial charge in [0, 0.05) is 0 Å². The fourth-order valence-corrected chi connectivity index (χ4v) is 1.91. The van der Waals surface area contributed by atoms with Crippen molar-refractivity contribution in [3.8, 4) is 6.07 Å². The maximum atomic E-state index is 12.5. The number of anilines is 1. The highest BCUT2D eigenvalue weighted by Crippen LogP contribution is 2.40. The number of carboxylic acids is 1. The first-order valence-corrected chi connectivity index (χ1v) is 5.89. The number of nitrogens with one attached hydrogen (secondary N) is 1. The van der Waals surface area contributed by atoms with Crippen LogP contribution in [-0.2, 0) is 15.8 Å². The second kappa shape index (κ2) is 5.09. The molecule has 2 unspecified atom stereocenters. The molecule has 1 aliphatic rings. The van der Waals surface area contributed by atoms with Gasteiger partial charge in [0.05, 0.1) is 28.7 Å². The first kappa shape index (κ1) is 14.8. The Hall–Kier alpha value is -2.56. The van der Waals surface area contributed by atoms with Crippen LogP contribution in [-0.4, -0.2) is 17.0 Å². The highest BCUT2D eigenvalue weighted by molar-refractivity contribution is 5.99. The van der Waals surface area contributed by atoms with E-state index in [1.165, 1.54) is 0 Å². The average molecular weight is 298 g/mol. The maximum absolute atomic E-state index is 12.5. The van der Waals surface area contributed by atoms with Crippen molar-refractivity contribution in [3.05, 3.63) is 29.3 Å². The van der Waals surface area contributed by atoms with E-state index in [0.717, 1.165) is 12.1 Å². The van der Waals surface area contributed by atoms with Crippen LogP contribution in [0, 0.1) is 23.2 Å². The molecular formula is C13H9F3N2O3. The Bertz CT molecular complexity index is 649. The van der Waals surface area contributed by atoms with Gasteiger partial charge in [-0.1, -0.05) is 0 Å². The van der Waals surface area contributed by atoms with E-state index in [1.54, 1.807) is 6.07 Å². The summed E-state index contributed by atoms with van der Waals surface area (Å²) in [6.07, 6.45) is -4.40. The van der Waals surface area contributed by atoms with Gasteiger partial charge in [0.2, 0.25) is 5.91 Å². The third kappa shape index (κ3) is 3.13. The van der Waals surface area contributed by atoms with E-state index in [0.29, 0.717) is 6.07 Å². The fourth-order valence-electron chi connectivity index (χ4n) is 1.91. The van der Waals surface area contributed by atoms with Crippen LogP contribution in [0.1, 0.15) is 17.5 Å². The minimum atomic E-state index is -4.58. The van der Waals surface area contributed by atoms with Gasteiger partial charge in [0.25, 0.3) is 0 Å². The minimum absolute atomic E-state index is 0.0634. The second-order valence-corrected chi connectivity index (χ2v) is 4.65. The van der Waals surface area contributed by atoms with Gasteiger partial charge in [0.15, 0.2) is 0 Å². The monoisotopic (exact) mass is 298 g/mol. The van der Waals surface area contributed by atoms with E-state index in [1.807, 2.05) is 0 Å². The Morgan fingerprint density at radius 2 is 2.00 bits per heavy atom. The first-order chi connectivity index (χ1) is 9.74. The highest BCUT2D eigenvalue weighted by atomic mass is 19.4. The van der Waals surface area contributed by atoms with Gasteiger partial charge in [-0.05, 0) is 24.6 Å². The summed E-state index contributed by atoms with van der Waals surface area (Å²) in [5.41, 5.74) is -1.39. The number of benzene rings is 1. The Kier molecular flexibility index (Phi) is 3.60. The van der Waals surface area contributed by atoms with E-state index in [4.69, 9.17) is 10.4 Å². The summed E-state index contributed by atoms with van der Waals surface area (Å²) in [6, 6.07) is 3.94. The summed E-state index contributed by atoms with van der Waals surface area (Å²) >= 11 is 0. The van der Waals surface area contributed by atoms with E-state index >= 15 is 0 Å². The molecule has 2 rings (SSSR count). The number of carboxylic acid groups (broad SMARTS) is 1. The SMILES string of the molecule is N#Cc1cc(C(F)(F)F)ccc1NC(=O)C1CC1C(=O)O. The molecule has 1 aliphatic carbocycles. The van der Waals surface area contributed by atoms with Crippen molar-refractivity contribution in [2.45, 2.75) is 12.6 Å². The number of rotatable bonds is 3. The van der Waals surface area contributed by atoms with E-state index in [-0.39, 0.29) is 17.7 Å². The molecule has 0 aromatic heterocycles. The van der Waals surface area contributed by atoms with Crippen molar-refractivity contribution in [1.82, 2.24) is 0 Å². The molecule has 0 aliphatic heterocycles. The highest BCUT2D eigenvalue weighted by Gasteiger charge is 2.48. The van der Waals surface area contributed by atoms with Crippen molar-refractivity contribution in [2.75, 3.05) is 5.32 Å². The summed E-state index contributed by atoms with van der Waals surface area (Å²) in [5, 5.41) is 19.9. The molecular weight excluding hydrogens is 289 g/mol. The normalized spacial score (nSPS) is 20.5. The summed E-state index contributed by atoms with van der Waals surface area (Å²) in [5.74, 6) is -3.19. The lowest BCUT2D eigenvalue weighted by Crippen LogP contribution is -2.18. The molecule has 0 saturated heterocycles. The van der Waals surface area contributed by atoms with Crippen molar-refractivity contribution in [2.24, 2.45) is 11.8 Å². The number of hydrogen-bond donors (Lipinski definition) is 2. The summed E-state index contributed by atoms with van der Waals surface area (Å²) in [7, 11) is 0. The average Bonchev–Trinajstić information content (AvgIpc) is 3.18. The number of aliphatic carboxylic acids is 1. The number of hydrogen-bond acceptors (Lipinski definition) is 3. The fraction of sp³-hybridized carbons (Fsp3) is 0.308. The lowest BCUT2D eigenvalue weighted by molar-refractivity contribution is -0.140. The van der Waals surface area contributed by atoms with Crippen LogP contribution in [0.2, 0.25) is 0 Å². The Morgan fingerprint density at radius 3 is 2.48 bits per heavy atom. The molecule has 1 aromatic rings. The molecule has 0 bridgehead atoms. The number of carbonyl (C=O) groups is 2. The van der Waals surface area contributed by atoms with Gasteiger partial charge >= 0.3 is 12.1 Å². The van der Waals surface area contributed by atoms with Crippen molar-refractivity contribution in [3.63, 3.8) is 0 Å². The third-order valence-electron chi connectivity index (χ3n) is 3.17. The number of alkyl halides is 3. The molecule has 8 heteroatoms. The van der Waals surface area contributed by atoms with Crippen LogP contribution in [0.3, 0.4) is 0 Å². The molecule has 1 aromatic carbocycles. The van der Waals surface area contributed by atoms with Gasteiger partial charge in [0.1, 0.15) is 6.07 Å². The molecule has 1 saturated carbocycles. The molecule has 2 N–H and O–H groups in total. The maximum Gasteiger partial charge on any atom is 0.416 e. The van der Waals surface area contributed by atoms with Crippen LogP contribution in [0.5, 0.6) is 0 Å². The summed E-state index contributed by atoms with van der Waals surface area (Å²) < 4.78 is 37.5. The topological polar surface area (TPSA) is 90.2 Å². The largest absolute Gasteiger partial charge is 0.481 e. The standard InChI is InChI=1S/C13H9F3N2O3/c14-13(15,16)7-1-2-10(6(3-7)5-17)18-11(19)8-4-9(8)12(20)21/h1-3,8-9H,4H2,(H,18,19)(H,20,21). The zero-order valence-electron chi connectivity index (χ0n) is 10.4. The predicted octanol–water partition coefficient (Wildman–Crippen LogP) is 2.24. The van der Waals surface area contributed by atoms with Crippen LogP contribution in [0.25, 0.3) is 0 Å². The third-order valence-corrected chi connectivity index (χ3v) is 3.17. The van der Waals surface area contributed by atoms with Crippen molar-refractivity contribution < 1.29 is 27.9 Å².